The highest BCUT2D eigenvalue weighted by Gasteiger charge is 2.44. The highest BCUT2D eigenvalue weighted by molar-refractivity contribution is 7.99. The van der Waals surface area contributed by atoms with Gasteiger partial charge in [0, 0.05) is 33.8 Å². The predicted molar refractivity (Wildman–Crippen MR) is 155 cm³/mol. The molecule has 1 fully saturated rings. The lowest BCUT2D eigenvalue weighted by atomic mass is 9.68. The zero-order valence-corrected chi connectivity index (χ0v) is 24.0. The Hall–Kier alpha value is -1.89. The number of anilines is 1. The molecule has 2 aromatic rings. The molecular weight excluding hydrogens is 516 g/mol. The molecule has 2 aliphatic heterocycles. The summed E-state index contributed by atoms with van der Waals surface area (Å²) in [5.74, 6) is 1.54. The number of carbonyl (C=O) groups excluding carboxylic acids is 1. The van der Waals surface area contributed by atoms with E-state index in [9.17, 15) is 9.90 Å². The van der Waals surface area contributed by atoms with E-state index < -0.39 is 0 Å². The Morgan fingerprint density at radius 3 is 2.79 bits per heavy atom. The normalized spacial score (nSPS) is 30.9. The average molecular weight is 555 g/mol. The van der Waals surface area contributed by atoms with Crippen LogP contribution >= 0.6 is 23.5 Å². The molecule has 6 rings (SSSR count). The summed E-state index contributed by atoms with van der Waals surface area (Å²) in [5, 5.41) is 12.0. The number of aliphatic hydroxyl groups excluding tert-OH is 1. The third kappa shape index (κ3) is 5.04. The molecule has 4 aliphatic rings. The summed E-state index contributed by atoms with van der Waals surface area (Å²) in [7, 11) is 0. The summed E-state index contributed by atoms with van der Waals surface area (Å²) in [6, 6.07) is 12.2. The van der Waals surface area contributed by atoms with E-state index in [0.29, 0.717) is 24.0 Å². The molecule has 0 radical (unpaired) electrons. The first-order valence-corrected chi connectivity index (χ1v) is 15.4. The van der Waals surface area contributed by atoms with Gasteiger partial charge >= 0.3 is 0 Å². The number of rotatable bonds is 0. The van der Waals surface area contributed by atoms with Gasteiger partial charge in [0.2, 0.25) is 0 Å². The summed E-state index contributed by atoms with van der Waals surface area (Å²) in [5.41, 5.74) is 4.19. The maximum Gasteiger partial charge on any atom is 0.261 e. The molecule has 4 atom stereocenters. The van der Waals surface area contributed by atoms with Crippen LogP contribution in [0.1, 0.15) is 80.3 Å². The van der Waals surface area contributed by atoms with Crippen molar-refractivity contribution in [2.24, 2.45) is 11.8 Å². The van der Waals surface area contributed by atoms with Crippen molar-refractivity contribution in [2.75, 3.05) is 24.6 Å². The Labute approximate surface area is 235 Å². The monoisotopic (exact) mass is 554 g/mol. The van der Waals surface area contributed by atoms with Gasteiger partial charge in [-0.3, -0.25) is 9.52 Å². The molecule has 2 N–H and O–H groups in total. The fraction of sp³-hybridized carbons (Fsp3) is 0.581. The van der Waals surface area contributed by atoms with Crippen LogP contribution in [0.4, 0.5) is 5.69 Å². The van der Waals surface area contributed by atoms with Crippen LogP contribution in [-0.4, -0.2) is 41.6 Å². The Kier molecular flexibility index (Phi) is 7.11. The third-order valence-corrected chi connectivity index (χ3v) is 10.7. The van der Waals surface area contributed by atoms with E-state index in [4.69, 9.17) is 16.3 Å². The Morgan fingerprint density at radius 2 is 1.97 bits per heavy atom. The average Bonchev–Trinajstić information content (AvgIpc) is 3.01. The summed E-state index contributed by atoms with van der Waals surface area (Å²) >= 11 is 7.88. The van der Waals surface area contributed by atoms with Crippen LogP contribution in [0.2, 0.25) is 5.02 Å². The summed E-state index contributed by atoms with van der Waals surface area (Å²) in [6.07, 6.45) is 7.88. The minimum absolute atomic E-state index is 0.0705. The molecule has 38 heavy (non-hydrogen) atoms. The molecule has 2 heterocycles. The number of carbonyl (C=O) groups is 1. The minimum Gasteiger partial charge on any atom is -0.490 e. The number of aryl methyl sites for hydroxylation is 1. The van der Waals surface area contributed by atoms with Crippen molar-refractivity contribution in [2.45, 2.75) is 81.5 Å². The number of halogens is 1. The van der Waals surface area contributed by atoms with Crippen LogP contribution in [-0.2, 0) is 11.8 Å². The molecule has 2 aromatic carbocycles. The molecule has 0 saturated heterocycles. The van der Waals surface area contributed by atoms with Crippen LogP contribution in [0.3, 0.4) is 0 Å². The molecule has 204 valence electrons. The van der Waals surface area contributed by atoms with Crippen LogP contribution in [0.25, 0.3) is 0 Å². The number of aliphatic hydroxyl groups is 1. The Bertz CT molecular complexity index is 1220. The van der Waals surface area contributed by atoms with E-state index in [0.717, 1.165) is 80.9 Å². The van der Waals surface area contributed by atoms with Gasteiger partial charge < -0.3 is 14.7 Å². The molecule has 2 bridgehead atoms. The SMILES string of the molecule is CC1(C)CCC[C@H](O)[C@@H]2CC[C@H]2CN2C[C@@]3(CCCc4cc(Cl)ccc43)COc3ccc(cc32)C(=O)NS1. The molecule has 1 amide bonds. The van der Waals surface area contributed by atoms with E-state index in [1.807, 2.05) is 24.3 Å². The van der Waals surface area contributed by atoms with Crippen LogP contribution in [0.5, 0.6) is 5.75 Å². The number of nitrogens with zero attached hydrogens (tertiary/aromatic N) is 1. The van der Waals surface area contributed by atoms with Crippen molar-refractivity contribution in [3.05, 3.63) is 58.1 Å². The van der Waals surface area contributed by atoms with Crippen molar-refractivity contribution in [1.82, 2.24) is 4.72 Å². The van der Waals surface area contributed by atoms with Crippen molar-refractivity contribution in [1.29, 1.82) is 0 Å². The molecule has 1 saturated carbocycles. The fourth-order valence-electron chi connectivity index (χ4n) is 7.11. The number of hydrogen-bond acceptors (Lipinski definition) is 5. The van der Waals surface area contributed by atoms with Crippen molar-refractivity contribution >= 4 is 35.1 Å². The number of nitrogens with one attached hydrogen (secondary N) is 1. The van der Waals surface area contributed by atoms with Crippen molar-refractivity contribution < 1.29 is 14.6 Å². The highest BCUT2D eigenvalue weighted by atomic mass is 35.5. The molecule has 5 nitrogen and oxygen atoms in total. The second-order valence-electron chi connectivity index (χ2n) is 12.5. The first kappa shape index (κ1) is 26.3. The minimum atomic E-state index is -0.269. The highest BCUT2D eigenvalue weighted by Crippen LogP contribution is 2.47. The lowest BCUT2D eigenvalue weighted by Crippen LogP contribution is -2.49. The van der Waals surface area contributed by atoms with Crippen LogP contribution in [0, 0.1) is 11.8 Å². The summed E-state index contributed by atoms with van der Waals surface area (Å²) < 4.78 is 9.58. The van der Waals surface area contributed by atoms with E-state index in [1.165, 1.54) is 23.1 Å². The second kappa shape index (κ2) is 10.3. The number of fused-ring (bicyclic) bond motifs is 4. The number of benzene rings is 2. The van der Waals surface area contributed by atoms with E-state index in [2.05, 4.69) is 35.6 Å². The topological polar surface area (TPSA) is 61.8 Å². The van der Waals surface area contributed by atoms with Gasteiger partial charge in [0.15, 0.2) is 0 Å². The van der Waals surface area contributed by atoms with Gasteiger partial charge in [-0.2, -0.15) is 0 Å². The maximum atomic E-state index is 13.2. The van der Waals surface area contributed by atoms with E-state index >= 15 is 0 Å². The molecule has 1 spiro atoms. The lowest BCUT2D eigenvalue weighted by molar-refractivity contribution is 0.00884. The van der Waals surface area contributed by atoms with Gasteiger partial charge in [-0.15, -0.1) is 0 Å². The zero-order chi connectivity index (χ0) is 26.5. The number of amides is 1. The maximum absolute atomic E-state index is 13.2. The van der Waals surface area contributed by atoms with Crippen LogP contribution < -0.4 is 14.4 Å². The largest absolute Gasteiger partial charge is 0.490 e. The summed E-state index contributed by atoms with van der Waals surface area (Å²) in [4.78, 5) is 15.7. The quantitative estimate of drug-likeness (QED) is 0.362. The van der Waals surface area contributed by atoms with Crippen molar-refractivity contribution in [3.63, 3.8) is 0 Å². The number of hydrogen-bond donors (Lipinski definition) is 2. The zero-order valence-electron chi connectivity index (χ0n) is 22.5. The molecule has 7 heteroatoms. The molecule has 0 unspecified atom stereocenters. The predicted octanol–water partition coefficient (Wildman–Crippen LogP) is 6.54. The van der Waals surface area contributed by atoms with Gasteiger partial charge in [-0.25, -0.2) is 0 Å². The van der Waals surface area contributed by atoms with Gasteiger partial charge in [-0.05, 0) is 130 Å². The lowest BCUT2D eigenvalue weighted by Gasteiger charge is -2.45. The van der Waals surface area contributed by atoms with E-state index in [1.54, 1.807) is 0 Å². The number of ether oxygens (including phenoxy) is 1. The molecule has 2 aliphatic carbocycles. The van der Waals surface area contributed by atoms with Gasteiger partial charge in [0.25, 0.3) is 5.91 Å². The Morgan fingerprint density at radius 1 is 1.11 bits per heavy atom. The van der Waals surface area contributed by atoms with E-state index in [-0.39, 0.29) is 22.2 Å². The van der Waals surface area contributed by atoms with Gasteiger partial charge in [0.05, 0.1) is 18.4 Å². The summed E-state index contributed by atoms with van der Waals surface area (Å²) in [6.45, 7) is 6.64. The second-order valence-corrected chi connectivity index (χ2v) is 14.5. The fourth-order valence-corrected chi connectivity index (χ4v) is 8.04. The first-order chi connectivity index (χ1) is 18.2. The standard InChI is InChI=1S/C31H39ClN2O3S/c1-30(2)13-4-6-27(35)24-10-7-22(24)17-34-18-31(14-3-5-20-15-23(32)9-11-25(20)31)19-37-28-12-8-21(16-26(28)34)29(36)33-38-30/h8-9,11-12,15-16,22,24,27,35H,3-7,10,13-14,17-19H2,1-2H3,(H,33,36)/t22-,24+,27-,31-/m0/s1. The van der Waals surface area contributed by atoms with Crippen molar-refractivity contribution in [3.8, 4) is 5.75 Å². The van der Waals surface area contributed by atoms with Gasteiger partial charge in [0.1, 0.15) is 5.75 Å². The third-order valence-electron chi connectivity index (χ3n) is 9.42. The first-order valence-electron chi connectivity index (χ1n) is 14.2. The van der Waals surface area contributed by atoms with Crippen LogP contribution in [0.15, 0.2) is 36.4 Å². The Balaban J connectivity index is 1.39. The molecule has 0 aromatic heterocycles. The smallest absolute Gasteiger partial charge is 0.261 e. The molecular formula is C31H39ClN2O3S. The van der Waals surface area contributed by atoms with Gasteiger partial charge in [-0.1, -0.05) is 17.7 Å².